The number of ether oxygens (including phenoxy) is 2. The van der Waals surface area contributed by atoms with E-state index < -0.39 is 0 Å². The third-order valence-electron chi connectivity index (χ3n) is 3.44. The molecule has 0 aliphatic carbocycles. The predicted octanol–water partition coefficient (Wildman–Crippen LogP) is 2.38. The van der Waals surface area contributed by atoms with Gasteiger partial charge in [0.15, 0.2) is 0 Å². The Morgan fingerprint density at radius 1 is 1.53 bits per heavy atom. The molecule has 2 unspecified atom stereocenters. The van der Waals surface area contributed by atoms with Crippen molar-refractivity contribution in [2.75, 3.05) is 27.4 Å². The second-order valence-corrected chi connectivity index (χ2v) is 4.58. The first kappa shape index (κ1) is 12.4. The molecule has 0 spiro atoms. The van der Waals surface area contributed by atoms with Crippen LogP contribution >= 0.6 is 0 Å². The highest BCUT2D eigenvalue weighted by Crippen LogP contribution is 2.27. The zero-order valence-corrected chi connectivity index (χ0v) is 10.6. The summed E-state index contributed by atoms with van der Waals surface area (Å²) in [5.74, 6) is 1.60. The number of benzene rings is 1. The fourth-order valence-corrected chi connectivity index (χ4v) is 2.38. The summed E-state index contributed by atoms with van der Waals surface area (Å²) in [7, 11) is 3.72. The van der Waals surface area contributed by atoms with Gasteiger partial charge in [0, 0.05) is 19.3 Å². The van der Waals surface area contributed by atoms with Crippen molar-refractivity contribution in [3.05, 3.63) is 29.8 Å². The van der Waals surface area contributed by atoms with Crippen LogP contribution in [0.15, 0.2) is 24.3 Å². The number of methoxy groups -OCH3 is 1. The zero-order chi connectivity index (χ0) is 12.1. The van der Waals surface area contributed by atoms with E-state index in [1.54, 1.807) is 7.11 Å². The Morgan fingerprint density at radius 2 is 2.41 bits per heavy atom. The first-order valence-electron chi connectivity index (χ1n) is 6.22. The summed E-state index contributed by atoms with van der Waals surface area (Å²) in [6, 6.07) is 8.67. The quantitative estimate of drug-likeness (QED) is 0.850. The highest BCUT2D eigenvalue weighted by molar-refractivity contribution is 5.30. The lowest BCUT2D eigenvalue weighted by atomic mass is 9.94. The molecule has 1 aliphatic rings. The maximum Gasteiger partial charge on any atom is 0.119 e. The van der Waals surface area contributed by atoms with Crippen LogP contribution in [0.3, 0.4) is 0 Å². The fraction of sp³-hybridized carbons (Fsp3) is 0.571. The van der Waals surface area contributed by atoms with E-state index in [0.717, 1.165) is 25.4 Å². The predicted molar refractivity (Wildman–Crippen MR) is 68.3 cm³/mol. The lowest BCUT2D eigenvalue weighted by Gasteiger charge is -2.20. The molecule has 3 nitrogen and oxygen atoms in total. The number of hydrogen-bond donors (Lipinski definition) is 1. The monoisotopic (exact) mass is 235 g/mol. The first-order chi connectivity index (χ1) is 8.33. The summed E-state index contributed by atoms with van der Waals surface area (Å²) in [6.07, 6.45) is 2.31. The Morgan fingerprint density at radius 3 is 3.06 bits per heavy atom. The summed E-state index contributed by atoms with van der Waals surface area (Å²) in [5, 5.41) is 3.39. The van der Waals surface area contributed by atoms with Gasteiger partial charge < -0.3 is 14.8 Å². The smallest absolute Gasteiger partial charge is 0.119 e. The average molecular weight is 235 g/mol. The van der Waals surface area contributed by atoms with Gasteiger partial charge in [0.1, 0.15) is 5.75 Å². The molecule has 0 saturated carbocycles. The molecule has 94 valence electrons. The van der Waals surface area contributed by atoms with Crippen LogP contribution in [0, 0.1) is 5.92 Å². The SMILES string of the molecule is CNC(CC1CCOC1)c1cccc(OC)c1. The van der Waals surface area contributed by atoms with Gasteiger partial charge in [0.2, 0.25) is 0 Å². The molecule has 1 fully saturated rings. The molecule has 17 heavy (non-hydrogen) atoms. The molecule has 1 saturated heterocycles. The van der Waals surface area contributed by atoms with Gasteiger partial charge in [-0.2, -0.15) is 0 Å². The van der Waals surface area contributed by atoms with Gasteiger partial charge in [-0.05, 0) is 43.5 Å². The van der Waals surface area contributed by atoms with Crippen LogP contribution in [-0.4, -0.2) is 27.4 Å². The molecule has 0 amide bonds. The van der Waals surface area contributed by atoms with E-state index in [1.165, 1.54) is 12.0 Å². The van der Waals surface area contributed by atoms with E-state index in [0.29, 0.717) is 12.0 Å². The van der Waals surface area contributed by atoms with Crippen LogP contribution in [0.1, 0.15) is 24.4 Å². The standard InChI is InChI=1S/C14H21NO2/c1-15-14(8-11-6-7-17-10-11)12-4-3-5-13(9-12)16-2/h3-5,9,11,14-15H,6-8,10H2,1-2H3. The third kappa shape index (κ3) is 3.20. The highest BCUT2D eigenvalue weighted by Gasteiger charge is 2.21. The number of hydrogen-bond acceptors (Lipinski definition) is 3. The van der Waals surface area contributed by atoms with Crippen molar-refractivity contribution >= 4 is 0 Å². The van der Waals surface area contributed by atoms with Gasteiger partial charge >= 0.3 is 0 Å². The van der Waals surface area contributed by atoms with Gasteiger partial charge in [-0.15, -0.1) is 0 Å². The molecule has 2 atom stereocenters. The largest absolute Gasteiger partial charge is 0.497 e. The summed E-state index contributed by atoms with van der Waals surface area (Å²) < 4.78 is 10.7. The van der Waals surface area contributed by atoms with Gasteiger partial charge in [-0.1, -0.05) is 12.1 Å². The molecule has 1 heterocycles. The Hall–Kier alpha value is -1.06. The molecule has 1 N–H and O–H groups in total. The van der Waals surface area contributed by atoms with Gasteiger partial charge in [0.05, 0.1) is 7.11 Å². The fourth-order valence-electron chi connectivity index (χ4n) is 2.38. The molecular weight excluding hydrogens is 214 g/mol. The van der Waals surface area contributed by atoms with Crippen molar-refractivity contribution in [3.63, 3.8) is 0 Å². The summed E-state index contributed by atoms with van der Waals surface area (Å²) in [6.45, 7) is 1.82. The lowest BCUT2D eigenvalue weighted by molar-refractivity contribution is 0.181. The topological polar surface area (TPSA) is 30.5 Å². The normalized spacial score (nSPS) is 21.4. The van der Waals surface area contributed by atoms with Crippen LogP contribution in [0.2, 0.25) is 0 Å². The van der Waals surface area contributed by atoms with E-state index in [1.807, 2.05) is 19.2 Å². The second-order valence-electron chi connectivity index (χ2n) is 4.58. The molecule has 1 aromatic carbocycles. The zero-order valence-electron chi connectivity index (χ0n) is 10.6. The highest BCUT2D eigenvalue weighted by atomic mass is 16.5. The minimum atomic E-state index is 0.386. The van der Waals surface area contributed by atoms with Crippen molar-refractivity contribution in [1.82, 2.24) is 5.32 Å². The summed E-state index contributed by atoms with van der Waals surface area (Å²) in [4.78, 5) is 0. The van der Waals surface area contributed by atoms with Crippen molar-refractivity contribution in [3.8, 4) is 5.75 Å². The van der Waals surface area contributed by atoms with Crippen LogP contribution < -0.4 is 10.1 Å². The van der Waals surface area contributed by atoms with E-state index in [2.05, 4.69) is 17.4 Å². The van der Waals surface area contributed by atoms with E-state index in [4.69, 9.17) is 9.47 Å². The summed E-state index contributed by atoms with van der Waals surface area (Å²) in [5.41, 5.74) is 1.29. The van der Waals surface area contributed by atoms with Crippen molar-refractivity contribution in [2.24, 2.45) is 5.92 Å². The molecular formula is C14H21NO2. The van der Waals surface area contributed by atoms with Crippen LogP contribution in [-0.2, 0) is 4.74 Å². The van der Waals surface area contributed by atoms with Crippen molar-refractivity contribution < 1.29 is 9.47 Å². The van der Waals surface area contributed by atoms with Gasteiger partial charge in [0.25, 0.3) is 0 Å². The Labute approximate surface area is 103 Å². The van der Waals surface area contributed by atoms with Crippen molar-refractivity contribution in [1.29, 1.82) is 0 Å². The lowest BCUT2D eigenvalue weighted by Crippen LogP contribution is -2.20. The number of nitrogens with one attached hydrogen (secondary N) is 1. The maximum atomic E-state index is 5.43. The Bertz CT molecular complexity index is 348. The molecule has 2 rings (SSSR count). The number of rotatable bonds is 5. The minimum Gasteiger partial charge on any atom is -0.497 e. The van der Waals surface area contributed by atoms with E-state index in [9.17, 15) is 0 Å². The van der Waals surface area contributed by atoms with E-state index >= 15 is 0 Å². The van der Waals surface area contributed by atoms with E-state index in [-0.39, 0.29) is 0 Å². The molecule has 0 bridgehead atoms. The Balaban J connectivity index is 2.04. The molecule has 1 aromatic rings. The van der Waals surface area contributed by atoms with Crippen LogP contribution in [0.25, 0.3) is 0 Å². The molecule has 3 heteroatoms. The first-order valence-corrected chi connectivity index (χ1v) is 6.22. The van der Waals surface area contributed by atoms with Crippen LogP contribution in [0.5, 0.6) is 5.75 Å². The minimum absolute atomic E-state index is 0.386. The molecule has 1 aliphatic heterocycles. The molecule has 0 radical (unpaired) electrons. The summed E-state index contributed by atoms with van der Waals surface area (Å²) >= 11 is 0. The maximum absolute atomic E-state index is 5.43. The van der Waals surface area contributed by atoms with Gasteiger partial charge in [-0.3, -0.25) is 0 Å². The molecule has 0 aromatic heterocycles. The second kappa shape index (κ2) is 6.03. The van der Waals surface area contributed by atoms with Gasteiger partial charge in [-0.25, -0.2) is 0 Å². The third-order valence-corrected chi connectivity index (χ3v) is 3.44. The van der Waals surface area contributed by atoms with Crippen LogP contribution in [0.4, 0.5) is 0 Å². The average Bonchev–Trinajstić information content (AvgIpc) is 2.89. The Kier molecular flexibility index (Phi) is 4.40. The van der Waals surface area contributed by atoms with Crippen molar-refractivity contribution in [2.45, 2.75) is 18.9 Å².